The molecule has 0 saturated heterocycles. The maximum absolute atomic E-state index is 13.3. The van der Waals surface area contributed by atoms with E-state index in [4.69, 9.17) is 14.5 Å². The van der Waals surface area contributed by atoms with E-state index >= 15 is 0 Å². The second kappa shape index (κ2) is 8.63. The van der Waals surface area contributed by atoms with Crippen LogP contribution in [0.5, 0.6) is 11.5 Å². The van der Waals surface area contributed by atoms with E-state index in [0.29, 0.717) is 48.0 Å². The number of nitrogens with one attached hydrogen (secondary N) is 1. The van der Waals surface area contributed by atoms with Gasteiger partial charge in [0.05, 0.1) is 10.6 Å². The number of hydrogen-bond acceptors (Lipinski definition) is 7. The molecule has 1 amide bonds. The van der Waals surface area contributed by atoms with Crippen LogP contribution in [-0.4, -0.2) is 33.9 Å². The first-order valence-corrected chi connectivity index (χ1v) is 12.3. The first-order chi connectivity index (χ1) is 15.5. The Morgan fingerprint density at radius 3 is 2.91 bits per heavy atom. The van der Waals surface area contributed by atoms with Gasteiger partial charge >= 0.3 is 0 Å². The lowest BCUT2D eigenvalue weighted by molar-refractivity contribution is -0.115. The molecule has 1 saturated carbocycles. The van der Waals surface area contributed by atoms with E-state index < -0.39 is 5.25 Å². The Hall–Kier alpha value is -2.78. The summed E-state index contributed by atoms with van der Waals surface area (Å²) in [4.78, 5) is 31.6. The van der Waals surface area contributed by atoms with Crippen LogP contribution in [0.1, 0.15) is 31.2 Å². The van der Waals surface area contributed by atoms with Gasteiger partial charge in [0.25, 0.3) is 5.56 Å². The summed E-state index contributed by atoms with van der Waals surface area (Å²) < 4.78 is 12.7. The molecule has 3 heterocycles. The summed E-state index contributed by atoms with van der Waals surface area (Å²) >= 11 is 2.77. The third-order valence-electron chi connectivity index (χ3n) is 5.48. The van der Waals surface area contributed by atoms with Crippen molar-refractivity contribution < 1.29 is 14.3 Å². The number of anilines is 1. The molecule has 2 aliphatic rings. The summed E-state index contributed by atoms with van der Waals surface area (Å²) in [6.07, 6.45) is 3.93. The largest absolute Gasteiger partial charge is 0.486 e. The second-order valence-electron chi connectivity index (χ2n) is 7.85. The van der Waals surface area contributed by atoms with Crippen LogP contribution in [0.4, 0.5) is 5.69 Å². The number of benzene rings is 1. The molecule has 1 aromatic carbocycles. The zero-order valence-electron chi connectivity index (χ0n) is 17.6. The van der Waals surface area contributed by atoms with Crippen molar-refractivity contribution in [3.63, 3.8) is 0 Å². The molecule has 5 rings (SSSR count). The number of carbonyl (C=O) groups excluding carboxylic acids is 1. The van der Waals surface area contributed by atoms with Crippen LogP contribution in [-0.2, 0) is 11.3 Å². The smallest absolute Gasteiger partial charge is 0.263 e. The minimum Gasteiger partial charge on any atom is -0.486 e. The summed E-state index contributed by atoms with van der Waals surface area (Å²) in [5.41, 5.74) is 1.69. The Morgan fingerprint density at radius 1 is 1.38 bits per heavy atom. The van der Waals surface area contributed by atoms with Crippen molar-refractivity contribution in [3.8, 4) is 11.5 Å². The summed E-state index contributed by atoms with van der Waals surface area (Å²) in [6, 6.07) is 5.33. The van der Waals surface area contributed by atoms with Crippen LogP contribution in [0.3, 0.4) is 0 Å². The van der Waals surface area contributed by atoms with Crippen molar-refractivity contribution >= 4 is 44.9 Å². The van der Waals surface area contributed by atoms with Crippen LogP contribution in [0.2, 0.25) is 0 Å². The summed E-state index contributed by atoms with van der Waals surface area (Å²) in [6.45, 7) is 6.93. The molecule has 166 valence electrons. The van der Waals surface area contributed by atoms with Gasteiger partial charge < -0.3 is 14.8 Å². The molecule has 1 atom stereocenters. The number of allylic oxidation sites excluding steroid dienone is 1. The van der Waals surface area contributed by atoms with Crippen molar-refractivity contribution in [2.24, 2.45) is 0 Å². The molecule has 0 unspecified atom stereocenters. The Morgan fingerprint density at radius 2 is 2.16 bits per heavy atom. The molecule has 1 aliphatic carbocycles. The van der Waals surface area contributed by atoms with Crippen molar-refractivity contribution in [1.82, 2.24) is 9.55 Å². The lowest BCUT2D eigenvalue weighted by Gasteiger charge is -2.19. The van der Waals surface area contributed by atoms with Crippen LogP contribution < -0.4 is 20.3 Å². The summed E-state index contributed by atoms with van der Waals surface area (Å²) in [5.74, 6) is 1.58. The zero-order valence-corrected chi connectivity index (χ0v) is 19.3. The Balaban J connectivity index is 1.38. The van der Waals surface area contributed by atoms with E-state index in [9.17, 15) is 9.59 Å². The van der Waals surface area contributed by atoms with E-state index in [1.165, 1.54) is 23.1 Å². The van der Waals surface area contributed by atoms with Gasteiger partial charge in [-0.25, -0.2) is 4.98 Å². The number of rotatable bonds is 7. The van der Waals surface area contributed by atoms with Crippen molar-refractivity contribution in [1.29, 1.82) is 0 Å². The molecule has 3 aromatic rings. The SMILES string of the molecule is C=CCn1c(S[C@H](C)C(=O)Nc2ccc3c(c2)OCCO3)nc2scc(C3CC3)c2c1=O. The number of hydrogen-bond donors (Lipinski definition) is 1. The lowest BCUT2D eigenvalue weighted by Crippen LogP contribution is -2.27. The van der Waals surface area contributed by atoms with Crippen molar-refractivity contribution in [2.75, 3.05) is 18.5 Å². The molecule has 9 heteroatoms. The Labute approximate surface area is 193 Å². The van der Waals surface area contributed by atoms with Gasteiger partial charge in [-0.15, -0.1) is 17.9 Å². The van der Waals surface area contributed by atoms with Gasteiger partial charge in [-0.2, -0.15) is 0 Å². The van der Waals surface area contributed by atoms with Crippen LogP contribution >= 0.6 is 23.1 Å². The Bertz CT molecular complexity index is 1260. The van der Waals surface area contributed by atoms with Gasteiger partial charge in [0.1, 0.15) is 18.0 Å². The third kappa shape index (κ3) is 4.02. The molecule has 2 aromatic heterocycles. The fraction of sp³-hybridized carbons (Fsp3) is 0.348. The molecular weight excluding hydrogens is 446 g/mol. The predicted octanol–water partition coefficient (Wildman–Crippen LogP) is 4.41. The zero-order chi connectivity index (χ0) is 22.2. The normalized spacial score (nSPS) is 16.0. The van der Waals surface area contributed by atoms with Gasteiger partial charge in [0, 0.05) is 18.3 Å². The number of ether oxygens (including phenoxy) is 2. The van der Waals surface area contributed by atoms with E-state index in [-0.39, 0.29) is 11.5 Å². The van der Waals surface area contributed by atoms with E-state index in [2.05, 4.69) is 17.3 Å². The van der Waals surface area contributed by atoms with Gasteiger partial charge in [0.15, 0.2) is 16.7 Å². The number of fused-ring (bicyclic) bond motifs is 2. The topological polar surface area (TPSA) is 82.5 Å². The molecule has 0 radical (unpaired) electrons. The number of amides is 1. The number of thioether (sulfide) groups is 1. The fourth-order valence-corrected chi connectivity index (χ4v) is 5.66. The lowest BCUT2D eigenvalue weighted by atomic mass is 10.1. The number of carbonyl (C=O) groups is 1. The highest BCUT2D eigenvalue weighted by molar-refractivity contribution is 8.00. The van der Waals surface area contributed by atoms with E-state index in [0.717, 1.165) is 28.6 Å². The average Bonchev–Trinajstić information content (AvgIpc) is 3.55. The fourth-order valence-electron chi connectivity index (χ4n) is 3.68. The second-order valence-corrected chi connectivity index (χ2v) is 10.0. The maximum atomic E-state index is 13.3. The standard InChI is InChI=1S/C23H23N3O4S2/c1-3-8-26-22(28)19-16(14-4-5-14)12-31-21(19)25-23(26)32-13(2)20(27)24-15-6-7-17-18(11-15)30-10-9-29-17/h3,6-7,11-14H,1,4-5,8-10H2,2H3,(H,24,27)/t13-/m1/s1. The summed E-state index contributed by atoms with van der Waals surface area (Å²) in [7, 11) is 0. The van der Waals surface area contributed by atoms with Gasteiger partial charge in [-0.05, 0) is 48.8 Å². The molecule has 1 aliphatic heterocycles. The first kappa shape index (κ1) is 21.1. The van der Waals surface area contributed by atoms with Gasteiger partial charge in [0.2, 0.25) is 5.91 Å². The van der Waals surface area contributed by atoms with Gasteiger partial charge in [-0.1, -0.05) is 17.8 Å². The number of thiophene rings is 1. The van der Waals surface area contributed by atoms with Crippen molar-refractivity contribution in [2.45, 2.75) is 42.6 Å². The van der Waals surface area contributed by atoms with Gasteiger partial charge in [-0.3, -0.25) is 14.2 Å². The minimum atomic E-state index is -0.466. The van der Waals surface area contributed by atoms with E-state index in [1.54, 1.807) is 35.8 Å². The number of aromatic nitrogens is 2. The molecule has 1 fully saturated rings. The maximum Gasteiger partial charge on any atom is 0.263 e. The van der Waals surface area contributed by atoms with Crippen LogP contribution in [0.15, 0.2) is 46.2 Å². The Kier molecular flexibility index (Phi) is 5.69. The summed E-state index contributed by atoms with van der Waals surface area (Å²) in [5, 5.41) is 5.75. The highest BCUT2D eigenvalue weighted by Crippen LogP contribution is 2.44. The molecule has 32 heavy (non-hydrogen) atoms. The average molecular weight is 470 g/mol. The molecule has 0 spiro atoms. The highest BCUT2D eigenvalue weighted by atomic mass is 32.2. The first-order valence-electron chi connectivity index (χ1n) is 10.5. The van der Waals surface area contributed by atoms with Crippen LogP contribution in [0.25, 0.3) is 10.2 Å². The predicted molar refractivity (Wildman–Crippen MR) is 127 cm³/mol. The van der Waals surface area contributed by atoms with Crippen molar-refractivity contribution in [3.05, 3.63) is 52.2 Å². The monoisotopic (exact) mass is 469 g/mol. The molecule has 0 bridgehead atoms. The van der Waals surface area contributed by atoms with E-state index in [1.807, 2.05) is 0 Å². The quantitative estimate of drug-likeness (QED) is 0.314. The molecule has 7 nitrogen and oxygen atoms in total. The molecule has 1 N–H and O–H groups in total. The molecular formula is C23H23N3O4S2. The minimum absolute atomic E-state index is 0.0556. The van der Waals surface area contributed by atoms with Crippen LogP contribution in [0, 0.1) is 0 Å². The highest BCUT2D eigenvalue weighted by Gasteiger charge is 2.29. The number of nitrogens with zero attached hydrogens (tertiary/aromatic N) is 2. The third-order valence-corrected chi connectivity index (χ3v) is 7.46.